The van der Waals surface area contributed by atoms with Gasteiger partial charge >= 0.3 is 6.18 Å². The van der Waals surface area contributed by atoms with Crippen molar-refractivity contribution < 1.29 is 13.2 Å². The molecule has 1 saturated carbocycles. The molecule has 108 valence electrons. The number of allylic oxidation sites excluding steroid dienone is 2. The summed E-state index contributed by atoms with van der Waals surface area (Å²) < 4.78 is 38.3. The summed E-state index contributed by atoms with van der Waals surface area (Å²) >= 11 is 5.60. The zero-order valence-corrected chi connectivity index (χ0v) is 11.5. The Bertz CT molecular complexity index is 538. The van der Waals surface area contributed by atoms with E-state index in [0.29, 0.717) is 30.0 Å². The lowest BCUT2D eigenvalue weighted by atomic mass is 9.93. The fourth-order valence-corrected chi connectivity index (χ4v) is 3.46. The molecule has 3 atom stereocenters. The molecule has 1 fully saturated rings. The number of benzene rings is 1. The Morgan fingerprint density at radius 1 is 1.20 bits per heavy atom. The van der Waals surface area contributed by atoms with Crippen molar-refractivity contribution in [2.24, 2.45) is 17.8 Å². The minimum Gasteiger partial charge on any atom is -0.385 e. The highest BCUT2D eigenvalue weighted by Crippen LogP contribution is 2.43. The van der Waals surface area contributed by atoms with Crippen LogP contribution in [0, 0.1) is 17.8 Å². The zero-order chi connectivity index (χ0) is 14.3. The third-order valence-electron chi connectivity index (χ3n) is 4.26. The van der Waals surface area contributed by atoms with E-state index < -0.39 is 11.7 Å². The van der Waals surface area contributed by atoms with Gasteiger partial charge in [0.05, 0.1) is 10.6 Å². The van der Waals surface area contributed by atoms with E-state index in [1.807, 2.05) is 0 Å². The summed E-state index contributed by atoms with van der Waals surface area (Å²) in [6, 6.07) is 3.99. The number of anilines is 1. The summed E-state index contributed by atoms with van der Waals surface area (Å²) in [5.41, 5.74) is -0.300. The lowest BCUT2D eigenvalue weighted by molar-refractivity contribution is -0.137. The van der Waals surface area contributed by atoms with E-state index >= 15 is 0 Å². The quantitative estimate of drug-likeness (QED) is 0.776. The molecule has 0 radical (unpaired) electrons. The van der Waals surface area contributed by atoms with Gasteiger partial charge in [0.15, 0.2) is 0 Å². The summed E-state index contributed by atoms with van der Waals surface area (Å²) in [7, 11) is 0. The van der Waals surface area contributed by atoms with Gasteiger partial charge in [-0.2, -0.15) is 13.2 Å². The Morgan fingerprint density at radius 3 is 2.60 bits per heavy atom. The van der Waals surface area contributed by atoms with Gasteiger partial charge < -0.3 is 5.32 Å². The third-order valence-corrected chi connectivity index (χ3v) is 4.59. The van der Waals surface area contributed by atoms with Gasteiger partial charge in [-0.15, -0.1) is 0 Å². The Balaban J connectivity index is 1.68. The Morgan fingerprint density at radius 2 is 2.00 bits per heavy atom. The molecule has 0 spiro atoms. The summed E-state index contributed by atoms with van der Waals surface area (Å²) in [5.74, 6) is 1.78. The van der Waals surface area contributed by atoms with Gasteiger partial charge in [-0.25, -0.2) is 0 Å². The monoisotopic (exact) mass is 301 g/mol. The van der Waals surface area contributed by atoms with E-state index in [1.165, 1.54) is 12.5 Å². The van der Waals surface area contributed by atoms with Crippen LogP contribution in [0.2, 0.25) is 5.02 Å². The fraction of sp³-hybridized carbons (Fsp3) is 0.467. The average molecular weight is 302 g/mol. The smallest absolute Gasteiger partial charge is 0.385 e. The molecule has 2 aliphatic rings. The molecule has 0 saturated heterocycles. The van der Waals surface area contributed by atoms with Crippen LogP contribution in [-0.2, 0) is 6.18 Å². The molecule has 20 heavy (non-hydrogen) atoms. The van der Waals surface area contributed by atoms with E-state index in [2.05, 4.69) is 17.5 Å². The van der Waals surface area contributed by atoms with E-state index in [9.17, 15) is 13.2 Å². The first-order chi connectivity index (χ1) is 9.43. The third kappa shape index (κ3) is 2.66. The lowest BCUT2D eigenvalue weighted by Gasteiger charge is -2.20. The van der Waals surface area contributed by atoms with Gasteiger partial charge in [0.2, 0.25) is 0 Å². The van der Waals surface area contributed by atoms with Gasteiger partial charge in [0.25, 0.3) is 0 Å². The van der Waals surface area contributed by atoms with Crippen molar-refractivity contribution in [2.45, 2.75) is 19.0 Å². The molecule has 5 heteroatoms. The molecule has 1 N–H and O–H groups in total. The highest BCUT2D eigenvalue weighted by Gasteiger charge is 2.36. The largest absolute Gasteiger partial charge is 0.417 e. The molecule has 1 nitrogen and oxygen atoms in total. The van der Waals surface area contributed by atoms with Crippen molar-refractivity contribution in [1.29, 1.82) is 0 Å². The SMILES string of the molecule is FC(F)(F)c1cc(NCC2CC3C=CC2C3)ccc1Cl. The van der Waals surface area contributed by atoms with Crippen LogP contribution in [0.15, 0.2) is 30.4 Å². The maximum absolute atomic E-state index is 12.8. The number of rotatable bonds is 3. The van der Waals surface area contributed by atoms with Crippen molar-refractivity contribution in [3.8, 4) is 0 Å². The second kappa shape index (κ2) is 4.99. The minimum atomic E-state index is -4.41. The van der Waals surface area contributed by atoms with Crippen molar-refractivity contribution in [3.63, 3.8) is 0 Å². The number of halogens is 4. The Labute approximate surface area is 120 Å². The van der Waals surface area contributed by atoms with Gasteiger partial charge in [0.1, 0.15) is 0 Å². The predicted octanol–water partition coefficient (Wildman–Crippen LogP) is 4.98. The van der Waals surface area contributed by atoms with Crippen molar-refractivity contribution in [2.75, 3.05) is 11.9 Å². The van der Waals surface area contributed by atoms with Gasteiger partial charge in [-0.05, 0) is 48.8 Å². The molecule has 2 aliphatic carbocycles. The molecule has 0 aromatic heterocycles. The second-order valence-electron chi connectivity index (χ2n) is 5.61. The van der Waals surface area contributed by atoms with Crippen LogP contribution in [-0.4, -0.2) is 6.54 Å². The molecular formula is C15H15ClF3N. The van der Waals surface area contributed by atoms with Crippen LogP contribution in [0.4, 0.5) is 18.9 Å². The lowest BCUT2D eigenvalue weighted by Crippen LogP contribution is -2.18. The predicted molar refractivity (Wildman–Crippen MR) is 73.8 cm³/mol. The van der Waals surface area contributed by atoms with Crippen LogP contribution in [0.25, 0.3) is 0 Å². The normalized spacial score (nSPS) is 28.1. The van der Waals surface area contributed by atoms with E-state index in [-0.39, 0.29) is 5.02 Å². The highest BCUT2D eigenvalue weighted by atomic mass is 35.5. The molecule has 3 rings (SSSR count). The highest BCUT2D eigenvalue weighted by molar-refractivity contribution is 6.31. The summed E-state index contributed by atoms with van der Waals surface area (Å²) in [5, 5.41) is 2.86. The summed E-state index contributed by atoms with van der Waals surface area (Å²) in [4.78, 5) is 0. The van der Waals surface area contributed by atoms with Crippen LogP contribution < -0.4 is 5.32 Å². The van der Waals surface area contributed by atoms with Gasteiger partial charge in [-0.3, -0.25) is 0 Å². The number of hydrogen-bond donors (Lipinski definition) is 1. The van der Waals surface area contributed by atoms with E-state index in [0.717, 1.165) is 12.5 Å². The Hall–Kier alpha value is -1.16. The maximum atomic E-state index is 12.8. The number of alkyl halides is 3. The van der Waals surface area contributed by atoms with Crippen LogP contribution in [0.5, 0.6) is 0 Å². The van der Waals surface area contributed by atoms with Crippen LogP contribution in [0.3, 0.4) is 0 Å². The average Bonchev–Trinajstić information content (AvgIpc) is 2.98. The van der Waals surface area contributed by atoms with Crippen LogP contribution in [0.1, 0.15) is 18.4 Å². The van der Waals surface area contributed by atoms with E-state index in [1.54, 1.807) is 6.07 Å². The molecule has 1 aromatic carbocycles. The van der Waals surface area contributed by atoms with Crippen molar-refractivity contribution >= 4 is 17.3 Å². The Kier molecular flexibility index (Phi) is 3.44. The first-order valence-corrected chi connectivity index (χ1v) is 7.10. The standard InChI is InChI=1S/C15H15ClF3N/c16-14-4-3-12(7-13(14)15(17,18)19)20-8-11-6-9-1-2-10(11)5-9/h1-4,7,9-11,20H,5-6,8H2. The topological polar surface area (TPSA) is 12.0 Å². The van der Waals surface area contributed by atoms with Crippen molar-refractivity contribution in [1.82, 2.24) is 0 Å². The van der Waals surface area contributed by atoms with Crippen LogP contribution >= 0.6 is 11.6 Å². The molecule has 2 bridgehead atoms. The first-order valence-electron chi connectivity index (χ1n) is 6.72. The minimum absolute atomic E-state index is 0.258. The van der Waals surface area contributed by atoms with Crippen molar-refractivity contribution in [3.05, 3.63) is 40.9 Å². The maximum Gasteiger partial charge on any atom is 0.417 e. The molecule has 0 amide bonds. The first kappa shape index (κ1) is 13.8. The molecule has 3 unspecified atom stereocenters. The number of nitrogens with one attached hydrogen (secondary N) is 1. The van der Waals surface area contributed by atoms with Gasteiger partial charge in [0, 0.05) is 12.2 Å². The van der Waals surface area contributed by atoms with Gasteiger partial charge in [-0.1, -0.05) is 23.8 Å². The fourth-order valence-electron chi connectivity index (χ4n) is 3.23. The summed E-state index contributed by atoms with van der Waals surface area (Å²) in [6.07, 6.45) is 2.41. The van der Waals surface area contributed by atoms with E-state index in [4.69, 9.17) is 11.6 Å². The second-order valence-corrected chi connectivity index (χ2v) is 6.02. The molecular weight excluding hydrogens is 287 g/mol. The number of fused-ring (bicyclic) bond motifs is 2. The number of hydrogen-bond acceptors (Lipinski definition) is 1. The zero-order valence-electron chi connectivity index (χ0n) is 10.8. The molecule has 0 aliphatic heterocycles. The molecule has 0 heterocycles. The molecule has 1 aromatic rings. The summed E-state index contributed by atoms with van der Waals surface area (Å²) in [6.45, 7) is 0.713.